The number of rotatable bonds is 3. The van der Waals surface area contributed by atoms with Crippen LogP contribution in [0.1, 0.15) is 25.7 Å². The van der Waals surface area contributed by atoms with Crippen LogP contribution < -0.4 is 4.90 Å². The van der Waals surface area contributed by atoms with Crippen molar-refractivity contribution in [2.45, 2.75) is 37.9 Å². The zero-order valence-corrected chi connectivity index (χ0v) is 12.7. The largest absolute Gasteiger partial charge is 0.408 e. The highest BCUT2D eigenvalue weighted by atomic mass is 19.4. The molecule has 0 bridgehead atoms. The molecule has 8 heteroatoms. The summed E-state index contributed by atoms with van der Waals surface area (Å²) in [5.74, 6) is 0.242. The highest BCUT2D eigenvalue weighted by molar-refractivity contribution is 5.78. The van der Waals surface area contributed by atoms with Crippen LogP contribution in [0.4, 0.5) is 19.0 Å². The van der Waals surface area contributed by atoms with Gasteiger partial charge < -0.3 is 9.80 Å². The van der Waals surface area contributed by atoms with E-state index in [4.69, 9.17) is 0 Å². The van der Waals surface area contributed by atoms with Crippen LogP contribution >= 0.6 is 0 Å². The molecule has 3 rings (SSSR count). The number of carbonyl (C=O) groups excluding carboxylic acids is 1. The van der Waals surface area contributed by atoms with Crippen LogP contribution in [-0.4, -0.2) is 52.6 Å². The van der Waals surface area contributed by atoms with Gasteiger partial charge in [0.15, 0.2) is 0 Å². The summed E-state index contributed by atoms with van der Waals surface area (Å²) in [6.07, 6.45) is 0.336. The van der Waals surface area contributed by atoms with E-state index in [1.165, 1.54) is 23.5 Å². The minimum absolute atomic E-state index is 0.00270. The van der Waals surface area contributed by atoms with Gasteiger partial charge in [0.1, 0.15) is 18.2 Å². The summed E-state index contributed by atoms with van der Waals surface area (Å²) >= 11 is 0. The number of hydrogen-bond donors (Lipinski definition) is 0. The number of piperidine rings is 1. The fraction of sp³-hybridized carbons (Fsp3) is 0.667. The van der Waals surface area contributed by atoms with Gasteiger partial charge in [-0.2, -0.15) is 13.2 Å². The molecule has 2 unspecified atom stereocenters. The van der Waals surface area contributed by atoms with Gasteiger partial charge in [0, 0.05) is 32.3 Å². The molecule has 1 aromatic heterocycles. The van der Waals surface area contributed by atoms with Gasteiger partial charge in [0.05, 0.1) is 0 Å². The minimum atomic E-state index is -4.32. The molecule has 2 aliphatic rings. The standard InChI is InChI=1S/C15H19F3N4O/c16-15(17,18)12-8-11(9-21-6-1-2-14(21)23)4-7-22(12)13-3-5-19-10-20-13/h3,5,10-12H,1-2,4,6-9H2. The Morgan fingerprint density at radius 2 is 2.13 bits per heavy atom. The molecule has 1 aromatic rings. The van der Waals surface area contributed by atoms with Gasteiger partial charge >= 0.3 is 6.18 Å². The van der Waals surface area contributed by atoms with Crippen molar-refractivity contribution >= 4 is 11.7 Å². The van der Waals surface area contributed by atoms with Crippen molar-refractivity contribution in [3.05, 3.63) is 18.6 Å². The number of aromatic nitrogens is 2. The molecule has 0 saturated carbocycles. The van der Waals surface area contributed by atoms with Crippen LogP contribution in [0, 0.1) is 5.92 Å². The molecule has 0 spiro atoms. The van der Waals surface area contributed by atoms with Crippen LogP contribution in [0.25, 0.3) is 0 Å². The molecule has 2 aliphatic heterocycles. The maximum absolute atomic E-state index is 13.5. The Morgan fingerprint density at radius 3 is 2.74 bits per heavy atom. The van der Waals surface area contributed by atoms with Gasteiger partial charge in [-0.3, -0.25) is 4.79 Å². The lowest BCUT2D eigenvalue weighted by molar-refractivity contribution is -0.156. The van der Waals surface area contributed by atoms with E-state index < -0.39 is 12.2 Å². The Hall–Kier alpha value is -1.86. The SMILES string of the molecule is O=C1CCCN1CC1CCN(c2ccncn2)C(C(F)(F)F)C1. The van der Waals surface area contributed by atoms with Crippen molar-refractivity contribution < 1.29 is 18.0 Å². The maximum atomic E-state index is 13.5. The smallest absolute Gasteiger partial charge is 0.344 e. The molecule has 0 radical (unpaired) electrons. The van der Waals surface area contributed by atoms with E-state index in [1.54, 1.807) is 4.90 Å². The Balaban J connectivity index is 1.72. The van der Waals surface area contributed by atoms with Crippen molar-refractivity contribution in [2.24, 2.45) is 5.92 Å². The van der Waals surface area contributed by atoms with Crippen molar-refractivity contribution in [1.82, 2.24) is 14.9 Å². The third-order valence-corrected chi connectivity index (χ3v) is 4.60. The number of carbonyl (C=O) groups is 1. The predicted molar refractivity (Wildman–Crippen MR) is 77.8 cm³/mol. The second kappa shape index (κ2) is 6.33. The first-order valence-electron chi connectivity index (χ1n) is 7.82. The average Bonchev–Trinajstić information content (AvgIpc) is 2.92. The first-order chi connectivity index (χ1) is 10.9. The van der Waals surface area contributed by atoms with E-state index >= 15 is 0 Å². The van der Waals surface area contributed by atoms with Crippen molar-refractivity contribution in [2.75, 3.05) is 24.5 Å². The predicted octanol–water partition coefficient (Wildman–Crippen LogP) is 2.25. The molecule has 2 atom stereocenters. The second-order valence-electron chi connectivity index (χ2n) is 6.15. The summed E-state index contributed by atoms with van der Waals surface area (Å²) in [5.41, 5.74) is 0. The third kappa shape index (κ3) is 3.56. The summed E-state index contributed by atoms with van der Waals surface area (Å²) in [7, 11) is 0. The van der Waals surface area contributed by atoms with Gasteiger partial charge in [0.2, 0.25) is 5.91 Å². The molecule has 5 nitrogen and oxygen atoms in total. The molecular weight excluding hydrogens is 309 g/mol. The molecule has 0 aromatic carbocycles. The van der Waals surface area contributed by atoms with Crippen molar-refractivity contribution in [3.8, 4) is 0 Å². The third-order valence-electron chi connectivity index (χ3n) is 4.60. The van der Waals surface area contributed by atoms with Crippen molar-refractivity contribution in [3.63, 3.8) is 0 Å². The van der Waals surface area contributed by atoms with Gasteiger partial charge in [0.25, 0.3) is 0 Å². The van der Waals surface area contributed by atoms with Gasteiger partial charge in [-0.25, -0.2) is 9.97 Å². The summed E-state index contributed by atoms with van der Waals surface area (Å²) < 4.78 is 40.4. The Bertz CT molecular complexity index is 551. The van der Waals surface area contributed by atoms with E-state index in [-0.39, 0.29) is 24.8 Å². The topological polar surface area (TPSA) is 49.3 Å². The summed E-state index contributed by atoms with van der Waals surface area (Å²) in [4.78, 5) is 22.4. The Kier molecular flexibility index (Phi) is 4.41. The summed E-state index contributed by atoms with van der Waals surface area (Å²) in [5, 5.41) is 0. The van der Waals surface area contributed by atoms with Crippen LogP contribution in [0.3, 0.4) is 0 Å². The normalized spacial score (nSPS) is 26.0. The molecule has 2 fully saturated rings. The van der Waals surface area contributed by atoms with E-state index in [0.717, 1.165) is 6.42 Å². The molecule has 2 saturated heterocycles. The quantitative estimate of drug-likeness (QED) is 0.854. The summed E-state index contributed by atoms with van der Waals surface area (Å²) in [6, 6.07) is -0.0582. The van der Waals surface area contributed by atoms with Gasteiger partial charge in [-0.05, 0) is 31.2 Å². The first-order valence-corrected chi connectivity index (χ1v) is 7.82. The van der Waals surface area contributed by atoms with Crippen LogP contribution in [0.15, 0.2) is 18.6 Å². The van der Waals surface area contributed by atoms with E-state index in [1.807, 2.05) is 0 Å². The van der Waals surface area contributed by atoms with E-state index in [9.17, 15) is 18.0 Å². The Labute approximate surface area is 132 Å². The fourth-order valence-electron chi connectivity index (χ4n) is 3.45. The second-order valence-corrected chi connectivity index (χ2v) is 6.15. The number of hydrogen-bond acceptors (Lipinski definition) is 4. The number of amides is 1. The Morgan fingerprint density at radius 1 is 1.30 bits per heavy atom. The monoisotopic (exact) mass is 328 g/mol. The first kappa shape index (κ1) is 16.0. The molecule has 0 aliphatic carbocycles. The zero-order chi connectivity index (χ0) is 16.4. The lowest BCUT2D eigenvalue weighted by atomic mass is 9.90. The average molecular weight is 328 g/mol. The van der Waals surface area contributed by atoms with Crippen molar-refractivity contribution in [1.29, 1.82) is 0 Å². The lowest BCUT2D eigenvalue weighted by Crippen LogP contribution is -2.52. The van der Waals surface area contributed by atoms with Gasteiger partial charge in [-0.1, -0.05) is 0 Å². The molecule has 3 heterocycles. The number of nitrogens with zero attached hydrogens (tertiary/aromatic N) is 4. The number of likely N-dealkylation sites (tertiary alicyclic amines) is 1. The fourth-order valence-corrected chi connectivity index (χ4v) is 3.45. The molecular formula is C15H19F3N4O. The molecule has 126 valence electrons. The number of anilines is 1. The van der Waals surface area contributed by atoms with Crippen LogP contribution in [-0.2, 0) is 4.79 Å². The number of halogens is 3. The molecule has 1 amide bonds. The minimum Gasteiger partial charge on any atom is -0.344 e. The molecule has 0 N–H and O–H groups in total. The van der Waals surface area contributed by atoms with E-state index in [0.29, 0.717) is 31.7 Å². The van der Waals surface area contributed by atoms with Gasteiger partial charge in [-0.15, -0.1) is 0 Å². The summed E-state index contributed by atoms with van der Waals surface area (Å²) in [6.45, 7) is 1.39. The molecule has 23 heavy (non-hydrogen) atoms. The highest BCUT2D eigenvalue weighted by Crippen LogP contribution is 2.37. The lowest BCUT2D eigenvalue weighted by Gasteiger charge is -2.41. The van der Waals surface area contributed by atoms with Crippen LogP contribution in [0.5, 0.6) is 0 Å². The number of alkyl halides is 3. The zero-order valence-electron chi connectivity index (χ0n) is 12.7. The maximum Gasteiger partial charge on any atom is 0.408 e. The van der Waals surface area contributed by atoms with E-state index in [2.05, 4.69) is 9.97 Å². The highest BCUT2D eigenvalue weighted by Gasteiger charge is 2.47. The van der Waals surface area contributed by atoms with Crippen LogP contribution in [0.2, 0.25) is 0 Å².